The highest BCUT2D eigenvalue weighted by Gasteiger charge is 2.32. The third-order valence-corrected chi connectivity index (χ3v) is 4.41. The van der Waals surface area contributed by atoms with Gasteiger partial charge >= 0.3 is 0 Å². The molecule has 2 atom stereocenters. The van der Waals surface area contributed by atoms with Gasteiger partial charge in [0.1, 0.15) is 5.82 Å². The van der Waals surface area contributed by atoms with Crippen molar-refractivity contribution in [2.75, 3.05) is 6.54 Å². The van der Waals surface area contributed by atoms with Crippen LogP contribution in [0.5, 0.6) is 0 Å². The average Bonchev–Trinajstić information content (AvgIpc) is 2.92. The number of aryl methyl sites for hydroxylation is 1. The highest BCUT2D eigenvalue weighted by molar-refractivity contribution is 5.13. The molecule has 0 bridgehead atoms. The van der Waals surface area contributed by atoms with E-state index in [4.69, 9.17) is 10.7 Å². The quantitative estimate of drug-likeness (QED) is 0.866. The van der Waals surface area contributed by atoms with Gasteiger partial charge in [-0.3, -0.25) is 4.90 Å². The smallest absolute Gasteiger partial charge is 0.126 e. The Bertz CT molecular complexity index is 423. The first-order chi connectivity index (χ1) is 8.66. The summed E-state index contributed by atoms with van der Waals surface area (Å²) in [6.07, 6.45) is 6.78. The lowest BCUT2D eigenvalue weighted by molar-refractivity contribution is 0.193. The van der Waals surface area contributed by atoms with E-state index in [1.807, 2.05) is 0 Å². The van der Waals surface area contributed by atoms with Gasteiger partial charge in [0.05, 0.1) is 6.04 Å². The van der Waals surface area contributed by atoms with Crippen LogP contribution in [0, 0.1) is 0 Å². The molecular weight excluding hydrogens is 224 g/mol. The van der Waals surface area contributed by atoms with Gasteiger partial charge in [-0.2, -0.15) is 0 Å². The number of hydrogen-bond donors (Lipinski definition) is 1. The molecule has 0 saturated carbocycles. The van der Waals surface area contributed by atoms with Crippen molar-refractivity contribution in [3.05, 3.63) is 17.7 Å². The summed E-state index contributed by atoms with van der Waals surface area (Å²) in [5.74, 6) is 1.26. The third-order valence-electron chi connectivity index (χ3n) is 4.41. The normalized spacial score (nSPS) is 28.9. The summed E-state index contributed by atoms with van der Waals surface area (Å²) < 4.78 is 2.39. The van der Waals surface area contributed by atoms with E-state index in [-0.39, 0.29) is 0 Å². The van der Waals surface area contributed by atoms with E-state index in [1.54, 1.807) is 0 Å². The van der Waals surface area contributed by atoms with E-state index in [2.05, 4.69) is 29.5 Å². The average molecular weight is 248 g/mol. The lowest BCUT2D eigenvalue weighted by Crippen LogP contribution is -2.36. The second-order valence-electron chi connectivity index (χ2n) is 6.01. The number of nitrogens with zero attached hydrogens (tertiary/aromatic N) is 3. The molecule has 0 spiro atoms. The Labute approximate surface area is 109 Å². The zero-order chi connectivity index (χ0) is 12.7. The first kappa shape index (κ1) is 12.2. The lowest BCUT2D eigenvalue weighted by atomic mass is 10.1. The fourth-order valence-corrected chi connectivity index (χ4v) is 3.45. The predicted molar refractivity (Wildman–Crippen MR) is 72.3 cm³/mol. The molecule has 1 aromatic heterocycles. The number of aromatic nitrogens is 2. The molecule has 0 aliphatic carbocycles. The summed E-state index contributed by atoms with van der Waals surface area (Å²) in [5.41, 5.74) is 7.49. The minimum atomic E-state index is 0.305. The van der Waals surface area contributed by atoms with E-state index in [9.17, 15) is 0 Å². The van der Waals surface area contributed by atoms with Gasteiger partial charge in [-0.25, -0.2) is 4.98 Å². The molecule has 18 heavy (non-hydrogen) atoms. The Morgan fingerprint density at radius 2 is 2.22 bits per heavy atom. The van der Waals surface area contributed by atoms with Crippen LogP contribution in [0.4, 0.5) is 0 Å². The lowest BCUT2D eigenvalue weighted by Gasteiger charge is -2.30. The maximum atomic E-state index is 6.11. The minimum Gasteiger partial charge on any atom is -0.329 e. The van der Waals surface area contributed by atoms with Crippen LogP contribution in [0.2, 0.25) is 0 Å². The summed E-state index contributed by atoms with van der Waals surface area (Å²) in [4.78, 5) is 7.29. The minimum absolute atomic E-state index is 0.305. The van der Waals surface area contributed by atoms with Crippen LogP contribution in [-0.4, -0.2) is 33.1 Å². The Morgan fingerprint density at radius 3 is 3.00 bits per heavy atom. The second-order valence-corrected chi connectivity index (χ2v) is 6.01. The summed E-state index contributed by atoms with van der Waals surface area (Å²) in [6, 6.07) is 1.41. The molecule has 0 amide bonds. The fraction of sp³-hybridized carbons (Fsp3) is 0.786. The third kappa shape index (κ3) is 1.97. The van der Waals surface area contributed by atoms with Crippen LogP contribution in [0.1, 0.15) is 50.7 Å². The van der Waals surface area contributed by atoms with Crippen LogP contribution < -0.4 is 5.73 Å². The predicted octanol–water partition coefficient (Wildman–Crippen LogP) is 1.70. The number of rotatable bonds is 2. The van der Waals surface area contributed by atoms with Crippen molar-refractivity contribution in [3.63, 3.8) is 0 Å². The molecule has 100 valence electrons. The number of imidazole rings is 1. The Morgan fingerprint density at radius 1 is 1.39 bits per heavy atom. The van der Waals surface area contributed by atoms with E-state index in [0.29, 0.717) is 18.1 Å². The molecule has 2 aliphatic rings. The maximum Gasteiger partial charge on any atom is 0.126 e. The summed E-state index contributed by atoms with van der Waals surface area (Å²) >= 11 is 0. The zero-order valence-corrected chi connectivity index (χ0v) is 11.5. The summed E-state index contributed by atoms with van der Waals surface area (Å²) in [6.45, 7) is 6.72. The van der Waals surface area contributed by atoms with Gasteiger partial charge in [0.25, 0.3) is 0 Å². The number of fused-ring (bicyclic) bond motifs is 1. The van der Waals surface area contributed by atoms with Crippen LogP contribution >= 0.6 is 0 Å². The van der Waals surface area contributed by atoms with Gasteiger partial charge in [-0.1, -0.05) is 0 Å². The van der Waals surface area contributed by atoms with E-state index >= 15 is 0 Å². The monoisotopic (exact) mass is 248 g/mol. The largest absolute Gasteiger partial charge is 0.329 e. The standard InChI is InChI=1S/C14H24N4/c1-10(2)17-7-3-4-13(17)14-16-8-12-6-5-11(15)9-18(12)14/h8,10-11,13H,3-7,9,15H2,1-2H3. The molecule has 1 aromatic rings. The van der Waals surface area contributed by atoms with Gasteiger partial charge in [0.2, 0.25) is 0 Å². The van der Waals surface area contributed by atoms with Crippen molar-refractivity contribution in [1.29, 1.82) is 0 Å². The van der Waals surface area contributed by atoms with Crippen LogP contribution in [0.3, 0.4) is 0 Å². The Balaban J connectivity index is 1.90. The van der Waals surface area contributed by atoms with Gasteiger partial charge in [-0.05, 0) is 46.1 Å². The molecule has 0 aromatic carbocycles. The zero-order valence-electron chi connectivity index (χ0n) is 11.5. The van der Waals surface area contributed by atoms with Crippen molar-refractivity contribution in [2.24, 2.45) is 5.73 Å². The Hall–Kier alpha value is -0.870. The van der Waals surface area contributed by atoms with Gasteiger partial charge in [0.15, 0.2) is 0 Å². The molecule has 1 saturated heterocycles. The van der Waals surface area contributed by atoms with Crippen molar-refractivity contribution < 1.29 is 0 Å². The van der Waals surface area contributed by atoms with Crippen LogP contribution in [-0.2, 0) is 13.0 Å². The first-order valence-corrected chi connectivity index (χ1v) is 7.22. The molecule has 3 rings (SSSR count). The topological polar surface area (TPSA) is 47.1 Å². The van der Waals surface area contributed by atoms with E-state index < -0.39 is 0 Å². The molecule has 1 fully saturated rings. The summed E-state index contributed by atoms with van der Waals surface area (Å²) in [7, 11) is 0. The molecule has 0 radical (unpaired) electrons. The van der Waals surface area contributed by atoms with Crippen LogP contribution in [0.25, 0.3) is 0 Å². The number of likely N-dealkylation sites (tertiary alicyclic amines) is 1. The number of hydrogen-bond acceptors (Lipinski definition) is 3. The van der Waals surface area contributed by atoms with Crippen LogP contribution in [0.15, 0.2) is 6.20 Å². The van der Waals surface area contributed by atoms with Gasteiger partial charge < -0.3 is 10.3 Å². The molecule has 4 nitrogen and oxygen atoms in total. The molecule has 3 heterocycles. The number of nitrogens with two attached hydrogens (primary N) is 1. The second kappa shape index (κ2) is 4.67. The highest BCUT2D eigenvalue weighted by atomic mass is 15.2. The molecule has 2 N–H and O–H groups in total. The molecular formula is C14H24N4. The SMILES string of the molecule is CC(C)N1CCCC1c1ncc2n1CC(N)CC2. The van der Waals surface area contributed by atoms with Crippen molar-refractivity contribution in [2.45, 2.75) is 64.2 Å². The highest BCUT2D eigenvalue weighted by Crippen LogP contribution is 2.34. The molecule has 2 unspecified atom stereocenters. The van der Waals surface area contributed by atoms with Gasteiger partial charge in [0, 0.05) is 30.5 Å². The van der Waals surface area contributed by atoms with Crippen molar-refractivity contribution in [3.8, 4) is 0 Å². The van der Waals surface area contributed by atoms with E-state index in [0.717, 1.165) is 19.4 Å². The fourth-order valence-electron chi connectivity index (χ4n) is 3.45. The van der Waals surface area contributed by atoms with Gasteiger partial charge in [-0.15, -0.1) is 0 Å². The molecule has 2 aliphatic heterocycles. The maximum absolute atomic E-state index is 6.11. The van der Waals surface area contributed by atoms with Crippen molar-refractivity contribution in [1.82, 2.24) is 14.5 Å². The van der Waals surface area contributed by atoms with Crippen molar-refractivity contribution >= 4 is 0 Å². The van der Waals surface area contributed by atoms with E-state index in [1.165, 1.54) is 30.9 Å². The molecule has 4 heteroatoms. The first-order valence-electron chi connectivity index (χ1n) is 7.22. The Kier molecular flexibility index (Phi) is 3.16. The summed E-state index contributed by atoms with van der Waals surface area (Å²) in [5, 5.41) is 0.